The fourth-order valence-electron chi connectivity index (χ4n) is 1.72. The molecule has 0 amide bonds. The van der Waals surface area contributed by atoms with Gasteiger partial charge in [-0.25, -0.2) is 0 Å². The van der Waals surface area contributed by atoms with E-state index in [4.69, 9.17) is 0 Å². The maximum atomic E-state index is 10.7. The van der Waals surface area contributed by atoms with Gasteiger partial charge in [-0.1, -0.05) is 20.8 Å². The molecular weight excluding hydrogens is 218 g/mol. The van der Waals surface area contributed by atoms with Crippen LogP contribution in [0.3, 0.4) is 0 Å². The molecule has 5 nitrogen and oxygen atoms in total. The molecule has 0 radical (unpaired) electrons. The fourth-order valence-corrected chi connectivity index (χ4v) is 1.72. The lowest BCUT2D eigenvalue weighted by molar-refractivity contribution is -0.385. The number of pyridine rings is 1. The van der Waals surface area contributed by atoms with Crippen LogP contribution >= 0.6 is 0 Å². The van der Waals surface area contributed by atoms with Crippen molar-refractivity contribution in [2.24, 2.45) is 5.92 Å². The first-order chi connectivity index (χ1) is 8.04. The minimum absolute atomic E-state index is 0.106. The molecule has 5 heteroatoms. The fraction of sp³-hybridized carbons (Fsp3) is 0.583. The minimum atomic E-state index is -0.386. The first-order valence-corrected chi connectivity index (χ1v) is 5.87. The molecule has 1 N–H and O–H groups in total. The third-order valence-corrected chi connectivity index (χ3v) is 2.71. The highest BCUT2D eigenvalue weighted by molar-refractivity contribution is 5.29. The lowest BCUT2D eigenvalue weighted by atomic mass is 9.99. The number of hydrogen-bond donors (Lipinski definition) is 1. The Morgan fingerprint density at radius 1 is 1.53 bits per heavy atom. The molecule has 1 atom stereocenters. The number of aromatic nitrogens is 1. The predicted molar refractivity (Wildman–Crippen MR) is 66.9 cm³/mol. The van der Waals surface area contributed by atoms with Crippen molar-refractivity contribution in [1.82, 2.24) is 10.3 Å². The SMILES string of the molecule is CCNC(Cc1cc([N+](=O)[O-])ccn1)C(C)C. The zero-order valence-corrected chi connectivity index (χ0v) is 10.5. The van der Waals surface area contributed by atoms with Crippen LogP contribution in [0.15, 0.2) is 18.3 Å². The van der Waals surface area contributed by atoms with E-state index in [-0.39, 0.29) is 10.6 Å². The molecule has 0 aromatic carbocycles. The zero-order valence-electron chi connectivity index (χ0n) is 10.5. The number of nitrogens with zero attached hydrogens (tertiary/aromatic N) is 2. The molecule has 1 unspecified atom stereocenters. The van der Waals surface area contributed by atoms with Crippen LogP contribution in [-0.2, 0) is 6.42 Å². The van der Waals surface area contributed by atoms with Crippen LogP contribution < -0.4 is 5.32 Å². The molecule has 1 heterocycles. The Morgan fingerprint density at radius 2 is 2.24 bits per heavy atom. The van der Waals surface area contributed by atoms with E-state index in [1.165, 1.54) is 12.3 Å². The van der Waals surface area contributed by atoms with Crippen LogP contribution in [0.2, 0.25) is 0 Å². The third-order valence-electron chi connectivity index (χ3n) is 2.71. The van der Waals surface area contributed by atoms with Gasteiger partial charge in [-0.15, -0.1) is 0 Å². The Kier molecular flexibility index (Phi) is 5.03. The highest BCUT2D eigenvalue weighted by Crippen LogP contribution is 2.14. The Morgan fingerprint density at radius 3 is 2.76 bits per heavy atom. The van der Waals surface area contributed by atoms with Crippen molar-refractivity contribution in [1.29, 1.82) is 0 Å². The van der Waals surface area contributed by atoms with Gasteiger partial charge in [0.25, 0.3) is 5.69 Å². The second-order valence-corrected chi connectivity index (χ2v) is 4.37. The van der Waals surface area contributed by atoms with Crippen molar-refractivity contribution in [3.63, 3.8) is 0 Å². The van der Waals surface area contributed by atoms with Crippen molar-refractivity contribution >= 4 is 5.69 Å². The van der Waals surface area contributed by atoms with Crippen LogP contribution in [0.5, 0.6) is 0 Å². The quantitative estimate of drug-likeness (QED) is 0.608. The van der Waals surface area contributed by atoms with Crippen LogP contribution in [0.1, 0.15) is 26.5 Å². The van der Waals surface area contributed by atoms with Crippen LogP contribution in [0.25, 0.3) is 0 Å². The molecule has 0 bridgehead atoms. The van der Waals surface area contributed by atoms with E-state index in [0.717, 1.165) is 12.2 Å². The maximum absolute atomic E-state index is 10.7. The van der Waals surface area contributed by atoms with E-state index in [1.54, 1.807) is 6.07 Å². The van der Waals surface area contributed by atoms with Gasteiger partial charge >= 0.3 is 0 Å². The predicted octanol–water partition coefficient (Wildman–Crippen LogP) is 2.17. The molecule has 0 aliphatic rings. The lowest BCUT2D eigenvalue weighted by Gasteiger charge is -2.21. The molecule has 1 aromatic rings. The first kappa shape index (κ1) is 13.6. The number of nitro groups is 1. The average Bonchev–Trinajstić information content (AvgIpc) is 2.28. The number of rotatable bonds is 6. The van der Waals surface area contributed by atoms with Crippen LogP contribution in [0, 0.1) is 16.0 Å². The summed E-state index contributed by atoms with van der Waals surface area (Å²) in [5.74, 6) is 0.469. The van der Waals surface area contributed by atoms with E-state index in [1.807, 2.05) is 0 Å². The Bertz CT molecular complexity index is 380. The van der Waals surface area contributed by atoms with Gasteiger partial charge < -0.3 is 5.32 Å². The van der Waals surface area contributed by atoms with E-state index in [9.17, 15) is 10.1 Å². The smallest absolute Gasteiger partial charge is 0.272 e. The number of likely N-dealkylation sites (N-methyl/N-ethyl adjacent to an activating group) is 1. The van der Waals surface area contributed by atoms with E-state index < -0.39 is 0 Å². The van der Waals surface area contributed by atoms with E-state index in [0.29, 0.717) is 18.4 Å². The van der Waals surface area contributed by atoms with Crippen molar-refractivity contribution in [2.45, 2.75) is 33.2 Å². The van der Waals surface area contributed by atoms with Gasteiger partial charge in [-0.3, -0.25) is 15.1 Å². The summed E-state index contributed by atoms with van der Waals surface area (Å²) in [6.45, 7) is 7.20. The molecule has 17 heavy (non-hydrogen) atoms. The number of nitrogens with one attached hydrogen (secondary N) is 1. The summed E-state index contributed by atoms with van der Waals surface area (Å²) in [7, 11) is 0. The molecule has 94 valence electrons. The minimum Gasteiger partial charge on any atom is -0.314 e. The zero-order chi connectivity index (χ0) is 12.8. The summed E-state index contributed by atoms with van der Waals surface area (Å²) in [6.07, 6.45) is 2.21. The van der Waals surface area contributed by atoms with Gasteiger partial charge in [0.05, 0.1) is 4.92 Å². The summed E-state index contributed by atoms with van der Waals surface area (Å²) in [5.41, 5.74) is 0.868. The average molecular weight is 237 g/mol. The van der Waals surface area contributed by atoms with Crippen molar-refractivity contribution < 1.29 is 4.92 Å². The molecule has 0 aliphatic heterocycles. The van der Waals surface area contributed by atoms with E-state index in [2.05, 4.69) is 31.1 Å². The van der Waals surface area contributed by atoms with Gasteiger partial charge in [-0.05, 0) is 12.5 Å². The Labute approximate surface area is 101 Å². The van der Waals surface area contributed by atoms with Gasteiger partial charge in [-0.2, -0.15) is 0 Å². The molecule has 0 aliphatic carbocycles. The van der Waals surface area contributed by atoms with Gasteiger partial charge in [0.1, 0.15) is 0 Å². The maximum Gasteiger partial charge on any atom is 0.272 e. The van der Waals surface area contributed by atoms with Crippen molar-refractivity contribution in [3.05, 3.63) is 34.1 Å². The van der Waals surface area contributed by atoms with Crippen molar-refractivity contribution in [2.75, 3.05) is 6.54 Å². The summed E-state index contributed by atoms with van der Waals surface area (Å²) in [5, 5.41) is 14.0. The monoisotopic (exact) mass is 237 g/mol. The third kappa shape index (κ3) is 4.11. The Hall–Kier alpha value is -1.49. The van der Waals surface area contributed by atoms with Gasteiger partial charge in [0.2, 0.25) is 0 Å². The second kappa shape index (κ2) is 6.30. The molecule has 0 spiro atoms. The molecule has 0 saturated heterocycles. The number of hydrogen-bond acceptors (Lipinski definition) is 4. The molecule has 0 fully saturated rings. The van der Waals surface area contributed by atoms with Crippen LogP contribution in [0.4, 0.5) is 5.69 Å². The molecule has 0 saturated carbocycles. The normalized spacial score (nSPS) is 12.7. The van der Waals surface area contributed by atoms with Gasteiger partial charge in [0, 0.05) is 36.5 Å². The standard InChI is InChI=1S/C12H19N3O2/c1-4-13-12(9(2)3)8-10-7-11(15(16)17)5-6-14-10/h5-7,9,12-13H,4,8H2,1-3H3. The molecule has 1 aromatic heterocycles. The van der Waals surface area contributed by atoms with Gasteiger partial charge in [0.15, 0.2) is 0 Å². The second-order valence-electron chi connectivity index (χ2n) is 4.37. The molecule has 1 rings (SSSR count). The molecular formula is C12H19N3O2. The summed E-state index contributed by atoms with van der Waals surface area (Å²) in [6, 6.07) is 3.27. The first-order valence-electron chi connectivity index (χ1n) is 5.87. The topological polar surface area (TPSA) is 68.1 Å². The van der Waals surface area contributed by atoms with E-state index >= 15 is 0 Å². The Balaban J connectivity index is 2.78. The summed E-state index contributed by atoms with van der Waals surface area (Å²) in [4.78, 5) is 14.5. The highest BCUT2D eigenvalue weighted by atomic mass is 16.6. The summed E-state index contributed by atoms with van der Waals surface area (Å²) < 4.78 is 0. The summed E-state index contributed by atoms with van der Waals surface area (Å²) >= 11 is 0. The largest absolute Gasteiger partial charge is 0.314 e. The van der Waals surface area contributed by atoms with Crippen molar-refractivity contribution in [3.8, 4) is 0 Å². The lowest BCUT2D eigenvalue weighted by Crippen LogP contribution is -2.35. The highest BCUT2D eigenvalue weighted by Gasteiger charge is 2.15. The van der Waals surface area contributed by atoms with Crippen LogP contribution in [-0.4, -0.2) is 22.5 Å².